The van der Waals surface area contributed by atoms with Gasteiger partial charge in [0.05, 0.1) is 17.9 Å². The summed E-state index contributed by atoms with van der Waals surface area (Å²) in [5.74, 6) is 1.39. The monoisotopic (exact) mass is 472 g/mol. The molecule has 1 atom stereocenters. The quantitative estimate of drug-likeness (QED) is 0.320. The fourth-order valence-electron chi connectivity index (χ4n) is 3.65. The van der Waals surface area contributed by atoms with Gasteiger partial charge in [0.25, 0.3) is 0 Å². The van der Waals surface area contributed by atoms with E-state index < -0.39 is 0 Å². The summed E-state index contributed by atoms with van der Waals surface area (Å²) >= 11 is 1.40. The van der Waals surface area contributed by atoms with Gasteiger partial charge >= 0.3 is 0 Å². The number of nitrogens with zero attached hydrogens (tertiary/aromatic N) is 3. The molecule has 0 aliphatic heterocycles. The summed E-state index contributed by atoms with van der Waals surface area (Å²) < 4.78 is 7.65. The van der Waals surface area contributed by atoms with E-state index in [-0.39, 0.29) is 11.2 Å². The van der Waals surface area contributed by atoms with Crippen molar-refractivity contribution in [3.8, 4) is 17.1 Å². The van der Waals surface area contributed by atoms with Crippen LogP contribution < -0.4 is 10.1 Å². The molecule has 1 heterocycles. The largest absolute Gasteiger partial charge is 0.496 e. The Kier molecular flexibility index (Phi) is 7.65. The molecular formula is C27H28N4O2S. The number of ether oxygens (including phenoxy) is 1. The van der Waals surface area contributed by atoms with E-state index in [9.17, 15) is 4.79 Å². The lowest BCUT2D eigenvalue weighted by atomic mass is 10.1. The summed E-state index contributed by atoms with van der Waals surface area (Å²) in [6, 6.07) is 25.8. The molecule has 0 saturated carbocycles. The molecule has 7 heteroatoms. The predicted molar refractivity (Wildman–Crippen MR) is 137 cm³/mol. The Morgan fingerprint density at radius 1 is 1.00 bits per heavy atom. The minimum absolute atomic E-state index is 0.0734. The molecule has 0 aliphatic rings. The SMILES string of the molecule is COc1ccccc1-c1nnc(SC(C)C(=O)Nc2ccccc2C)n1CCc1ccccc1. The number of hydrogen-bond donors (Lipinski definition) is 1. The molecule has 34 heavy (non-hydrogen) atoms. The summed E-state index contributed by atoms with van der Waals surface area (Å²) in [6.45, 7) is 4.54. The summed E-state index contributed by atoms with van der Waals surface area (Å²) in [6.07, 6.45) is 0.818. The number of thioether (sulfide) groups is 1. The van der Waals surface area contributed by atoms with Crippen molar-refractivity contribution in [1.29, 1.82) is 0 Å². The number of benzene rings is 3. The Hall–Kier alpha value is -3.58. The Bertz CT molecular complexity index is 1260. The molecule has 0 saturated heterocycles. The van der Waals surface area contributed by atoms with Crippen LogP contribution in [-0.4, -0.2) is 33.0 Å². The molecule has 174 valence electrons. The Labute approximate surface area is 204 Å². The zero-order valence-corrected chi connectivity index (χ0v) is 20.4. The summed E-state index contributed by atoms with van der Waals surface area (Å²) in [5, 5.41) is 12.3. The van der Waals surface area contributed by atoms with E-state index >= 15 is 0 Å². The molecule has 1 aromatic heterocycles. The molecule has 0 fully saturated rings. The van der Waals surface area contributed by atoms with Crippen molar-refractivity contribution in [1.82, 2.24) is 14.8 Å². The second-order valence-corrected chi connectivity index (χ2v) is 9.27. The number of rotatable bonds is 9. The maximum absolute atomic E-state index is 12.9. The zero-order valence-electron chi connectivity index (χ0n) is 19.6. The minimum Gasteiger partial charge on any atom is -0.496 e. The van der Waals surface area contributed by atoms with Gasteiger partial charge in [0.1, 0.15) is 5.75 Å². The van der Waals surface area contributed by atoms with Crippen LogP contribution in [0, 0.1) is 6.92 Å². The lowest BCUT2D eigenvalue weighted by Crippen LogP contribution is -2.23. The van der Waals surface area contributed by atoms with Crippen molar-refractivity contribution >= 4 is 23.4 Å². The number of carbonyl (C=O) groups excluding carboxylic acids is 1. The van der Waals surface area contributed by atoms with Crippen LogP contribution >= 0.6 is 11.8 Å². The molecule has 3 aromatic carbocycles. The van der Waals surface area contributed by atoms with Crippen LogP contribution in [0.4, 0.5) is 5.69 Å². The Morgan fingerprint density at radius 3 is 2.47 bits per heavy atom. The normalized spacial score (nSPS) is 11.7. The molecule has 6 nitrogen and oxygen atoms in total. The first-order valence-corrected chi connectivity index (χ1v) is 12.1. The van der Waals surface area contributed by atoms with Crippen molar-refractivity contribution < 1.29 is 9.53 Å². The van der Waals surface area contributed by atoms with Crippen LogP contribution in [0.15, 0.2) is 84.0 Å². The van der Waals surface area contributed by atoms with Crippen LogP contribution in [0.25, 0.3) is 11.4 Å². The maximum Gasteiger partial charge on any atom is 0.237 e. The van der Waals surface area contributed by atoms with Gasteiger partial charge in [-0.2, -0.15) is 0 Å². The van der Waals surface area contributed by atoms with Gasteiger partial charge in [0, 0.05) is 12.2 Å². The van der Waals surface area contributed by atoms with E-state index in [0.29, 0.717) is 11.7 Å². The lowest BCUT2D eigenvalue weighted by Gasteiger charge is -2.15. The fourth-order valence-corrected chi connectivity index (χ4v) is 4.53. The molecular weight excluding hydrogens is 444 g/mol. The molecule has 0 bridgehead atoms. The van der Waals surface area contributed by atoms with Gasteiger partial charge in [-0.1, -0.05) is 72.4 Å². The van der Waals surface area contributed by atoms with E-state index in [2.05, 4.69) is 32.2 Å². The lowest BCUT2D eigenvalue weighted by molar-refractivity contribution is -0.115. The molecule has 0 aliphatic carbocycles. The van der Waals surface area contributed by atoms with Crippen molar-refractivity contribution in [2.24, 2.45) is 0 Å². The number of methoxy groups -OCH3 is 1. The van der Waals surface area contributed by atoms with E-state index in [1.54, 1.807) is 7.11 Å². The topological polar surface area (TPSA) is 69.0 Å². The second-order valence-electron chi connectivity index (χ2n) is 7.96. The highest BCUT2D eigenvalue weighted by Crippen LogP contribution is 2.32. The first-order chi connectivity index (χ1) is 16.6. The predicted octanol–water partition coefficient (Wildman–Crippen LogP) is 5.62. The fraction of sp³-hybridized carbons (Fsp3) is 0.222. The van der Waals surface area contributed by atoms with Gasteiger partial charge in [-0.3, -0.25) is 4.79 Å². The standard InChI is InChI=1S/C27H28N4O2S/c1-19-11-7-9-15-23(19)28-26(32)20(2)34-27-30-29-25(22-14-8-10-16-24(22)33-3)31(27)18-17-21-12-5-4-6-13-21/h4-16,20H,17-18H2,1-3H3,(H,28,32). The summed E-state index contributed by atoms with van der Waals surface area (Å²) in [4.78, 5) is 12.9. The van der Waals surface area contributed by atoms with Crippen molar-refractivity contribution in [3.05, 3.63) is 90.0 Å². The van der Waals surface area contributed by atoms with Crippen molar-refractivity contribution in [2.45, 2.75) is 37.2 Å². The van der Waals surface area contributed by atoms with Crippen LogP contribution in [0.1, 0.15) is 18.1 Å². The van der Waals surface area contributed by atoms with Gasteiger partial charge in [-0.25, -0.2) is 0 Å². The third kappa shape index (κ3) is 5.48. The highest BCUT2D eigenvalue weighted by atomic mass is 32.2. The molecule has 4 rings (SSSR count). The first-order valence-electron chi connectivity index (χ1n) is 11.2. The van der Waals surface area contributed by atoms with Crippen molar-refractivity contribution in [3.63, 3.8) is 0 Å². The van der Waals surface area contributed by atoms with Crippen LogP contribution in [0.2, 0.25) is 0 Å². The van der Waals surface area contributed by atoms with Gasteiger partial charge in [-0.05, 0) is 49.6 Å². The molecule has 1 amide bonds. The number of aromatic nitrogens is 3. The highest BCUT2D eigenvalue weighted by molar-refractivity contribution is 8.00. The van der Waals surface area contributed by atoms with E-state index in [4.69, 9.17) is 4.74 Å². The van der Waals surface area contributed by atoms with Crippen molar-refractivity contribution in [2.75, 3.05) is 12.4 Å². The van der Waals surface area contributed by atoms with Gasteiger partial charge in [0.2, 0.25) is 5.91 Å². The third-order valence-electron chi connectivity index (χ3n) is 5.59. The Balaban J connectivity index is 1.60. The number of para-hydroxylation sites is 2. The zero-order chi connectivity index (χ0) is 23.9. The first kappa shape index (κ1) is 23.6. The molecule has 1 unspecified atom stereocenters. The number of amides is 1. The van der Waals surface area contributed by atoms with Gasteiger partial charge in [0.15, 0.2) is 11.0 Å². The maximum atomic E-state index is 12.9. The van der Waals surface area contributed by atoms with Gasteiger partial charge < -0.3 is 14.6 Å². The summed E-state index contributed by atoms with van der Waals surface area (Å²) in [5.41, 5.74) is 3.94. The summed E-state index contributed by atoms with van der Waals surface area (Å²) in [7, 11) is 1.65. The van der Waals surface area contributed by atoms with Crippen LogP contribution in [0.5, 0.6) is 5.75 Å². The number of anilines is 1. The number of hydrogen-bond acceptors (Lipinski definition) is 5. The molecule has 0 radical (unpaired) electrons. The molecule has 0 spiro atoms. The number of aryl methyl sites for hydroxylation is 2. The molecule has 4 aromatic rings. The van der Waals surface area contributed by atoms with Crippen LogP contribution in [-0.2, 0) is 17.8 Å². The second kappa shape index (κ2) is 11.0. The van der Waals surface area contributed by atoms with Gasteiger partial charge in [-0.15, -0.1) is 10.2 Å². The van der Waals surface area contributed by atoms with E-state index in [1.807, 2.05) is 80.6 Å². The number of carbonyl (C=O) groups is 1. The van der Waals surface area contributed by atoms with Crippen LogP contribution in [0.3, 0.4) is 0 Å². The number of nitrogens with one attached hydrogen (secondary N) is 1. The Morgan fingerprint density at radius 2 is 1.71 bits per heavy atom. The average molecular weight is 473 g/mol. The molecule has 1 N–H and O–H groups in total. The minimum atomic E-state index is -0.357. The van der Waals surface area contributed by atoms with E-state index in [1.165, 1.54) is 17.3 Å². The van der Waals surface area contributed by atoms with E-state index in [0.717, 1.165) is 34.8 Å². The highest BCUT2D eigenvalue weighted by Gasteiger charge is 2.22. The smallest absolute Gasteiger partial charge is 0.237 e. The third-order valence-corrected chi connectivity index (χ3v) is 6.67. The average Bonchev–Trinajstić information content (AvgIpc) is 3.26.